The molecule has 0 radical (unpaired) electrons. The predicted octanol–water partition coefficient (Wildman–Crippen LogP) is -1.26. The number of sulfonamides is 2. The van der Waals surface area contributed by atoms with Gasteiger partial charge in [0, 0.05) is 25.3 Å². The highest BCUT2D eigenvalue weighted by Crippen LogP contribution is 2.39. The standard InChI is InChI=1S/C17H28N8O5S2/c1-2-12(26)10-20-32(29,30)14-4-3-13(25-7-5-11(9-18)6-8-25)15(16(14)31(19,27)28)17-21-23-24-22-17/h3-4,11-12,20,26H,2,5-10,18H2,1H3,(H2,19,27,28)(H,21,22,23,24). The number of tetrazole rings is 1. The van der Waals surface area contributed by atoms with E-state index in [2.05, 4.69) is 25.3 Å². The van der Waals surface area contributed by atoms with Crippen LogP contribution in [0.3, 0.4) is 0 Å². The molecule has 1 aromatic heterocycles. The molecule has 2 heterocycles. The number of H-pyrrole nitrogens is 1. The van der Waals surface area contributed by atoms with Crippen LogP contribution in [0.25, 0.3) is 11.4 Å². The van der Waals surface area contributed by atoms with Crippen molar-refractivity contribution < 1.29 is 21.9 Å². The number of rotatable bonds is 9. The van der Waals surface area contributed by atoms with Crippen LogP contribution in [0.5, 0.6) is 0 Å². The maximum atomic E-state index is 13.0. The molecule has 0 amide bonds. The Kier molecular flexibility index (Phi) is 7.46. The SMILES string of the molecule is CCC(O)CNS(=O)(=O)c1ccc(N2CCC(CN)CC2)c(-c2nn[nH]n2)c1S(N)(=O)=O. The van der Waals surface area contributed by atoms with Crippen molar-refractivity contribution >= 4 is 25.7 Å². The average molecular weight is 489 g/mol. The Labute approximate surface area is 186 Å². The zero-order chi connectivity index (χ0) is 23.5. The zero-order valence-electron chi connectivity index (χ0n) is 17.6. The summed E-state index contributed by atoms with van der Waals surface area (Å²) in [5.74, 6) is 0.252. The third kappa shape index (κ3) is 5.24. The van der Waals surface area contributed by atoms with Gasteiger partial charge < -0.3 is 15.7 Å². The lowest BCUT2D eigenvalue weighted by Gasteiger charge is -2.34. The van der Waals surface area contributed by atoms with Gasteiger partial charge >= 0.3 is 0 Å². The van der Waals surface area contributed by atoms with Crippen LogP contribution in [-0.4, -0.2) is 74.8 Å². The first-order valence-electron chi connectivity index (χ1n) is 10.1. The fraction of sp³-hybridized carbons (Fsp3) is 0.588. The lowest BCUT2D eigenvalue weighted by Crippen LogP contribution is -2.37. The van der Waals surface area contributed by atoms with Crippen molar-refractivity contribution in [3.8, 4) is 11.4 Å². The lowest BCUT2D eigenvalue weighted by atomic mass is 9.96. The van der Waals surface area contributed by atoms with Gasteiger partial charge in [-0.05, 0) is 49.1 Å². The van der Waals surface area contributed by atoms with E-state index in [9.17, 15) is 21.9 Å². The Morgan fingerprint density at radius 2 is 1.97 bits per heavy atom. The lowest BCUT2D eigenvalue weighted by molar-refractivity contribution is 0.174. The molecule has 0 bridgehead atoms. The van der Waals surface area contributed by atoms with Gasteiger partial charge in [0.2, 0.25) is 25.9 Å². The van der Waals surface area contributed by atoms with Crippen LogP contribution in [-0.2, 0) is 20.0 Å². The molecule has 0 spiro atoms. The molecule has 13 nitrogen and oxygen atoms in total. The number of anilines is 1. The van der Waals surface area contributed by atoms with E-state index in [-0.39, 0.29) is 17.9 Å². The van der Waals surface area contributed by atoms with Gasteiger partial charge in [0.1, 0.15) is 9.79 Å². The first-order valence-corrected chi connectivity index (χ1v) is 13.2. The molecule has 1 aliphatic heterocycles. The molecule has 7 N–H and O–H groups in total. The second-order valence-corrected chi connectivity index (χ2v) is 10.9. The summed E-state index contributed by atoms with van der Waals surface area (Å²) < 4.78 is 53.5. The molecule has 15 heteroatoms. The smallest absolute Gasteiger partial charge is 0.242 e. The Balaban J connectivity index is 2.18. The number of aromatic nitrogens is 4. The number of benzene rings is 1. The Morgan fingerprint density at radius 1 is 1.28 bits per heavy atom. The summed E-state index contributed by atoms with van der Waals surface area (Å²) in [4.78, 5) is 0.747. The van der Waals surface area contributed by atoms with Gasteiger partial charge in [-0.25, -0.2) is 26.7 Å². The summed E-state index contributed by atoms with van der Waals surface area (Å²) in [6.45, 7) is 3.13. The second kappa shape index (κ2) is 9.76. The van der Waals surface area contributed by atoms with Crippen LogP contribution >= 0.6 is 0 Å². The molecule has 1 aromatic carbocycles. The number of aliphatic hydroxyl groups is 1. The summed E-state index contributed by atoms with van der Waals surface area (Å²) in [6, 6.07) is 2.70. The fourth-order valence-electron chi connectivity index (χ4n) is 3.63. The summed E-state index contributed by atoms with van der Waals surface area (Å²) in [5.41, 5.74) is 6.14. The van der Waals surface area contributed by atoms with Gasteiger partial charge in [-0.3, -0.25) is 0 Å². The molecule has 0 saturated carbocycles. The summed E-state index contributed by atoms with van der Waals surface area (Å²) >= 11 is 0. The first kappa shape index (κ1) is 24.5. The van der Waals surface area contributed by atoms with Crippen LogP contribution in [0.15, 0.2) is 21.9 Å². The van der Waals surface area contributed by atoms with Crippen molar-refractivity contribution in [2.24, 2.45) is 16.8 Å². The van der Waals surface area contributed by atoms with Gasteiger partial charge in [0.15, 0.2) is 0 Å². The number of primary sulfonamides is 1. The monoisotopic (exact) mass is 488 g/mol. The average Bonchev–Trinajstić information content (AvgIpc) is 3.30. The van der Waals surface area contributed by atoms with Crippen molar-refractivity contribution in [1.29, 1.82) is 0 Å². The number of piperidine rings is 1. The van der Waals surface area contributed by atoms with Gasteiger partial charge in [-0.1, -0.05) is 6.92 Å². The zero-order valence-corrected chi connectivity index (χ0v) is 19.2. The third-order valence-electron chi connectivity index (χ3n) is 5.51. The van der Waals surface area contributed by atoms with E-state index < -0.39 is 35.9 Å². The van der Waals surface area contributed by atoms with Crippen LogP contribution < -0.4 is 20.5 Å². The van der Waals surface area contributed by atoms with Gasteiger partial charge in [0.25, 0.3) is 0 Å². The minimum atomic E-state index is -4.54. The molecule has 0 aliphatic carbocycles. The molecule has 2 aromatic rings. The number of aliphatic hydroxyl groups excluding tert-OH is 1. The van der Waals surface area contributed by atoms with Gasteiger partial charge in [0.05, 0.1) is 11.7 Å². The van der Waals surface area contributed by atoms with Crippen molar-refractivity contribution in [2.75, 3.05) is 31.1 Å². The minimum absolute atomic E-state index is 0.0497. The van der Waals surface area contributed by atoms with E-state index in [1.807, 2.05) is 4.90 Å². The first-order chi connectivity index (χ1) is 15.1. The Bertz CT molecular complexity index is 1130. The summed E-state index contributed by atoms with van der Waals surface area (Å²) in [5, 5.41) is 28.8. The van der Waals surface area contributed by atoms with E-state index in [1.165, 1.54) is 12.1 Å². The third-order valence-corrected chi connectivity index (χ3v) is 8.10. The highest BCUT2D eigenvalue weighted by atomic mass is 32.2. The highest BCUT2D eigenvalue weighted by Gasteiger charge is 2.34. The molecule has 1 saturated heterocycles. The Morgan fingerprint density at radius 3 is 2.50 bits per heavy atom. The molecule has 1 fully saturated rings. The molecule has 32 heavy (non-hydrogen) atoms. The topological polar surface area (TPSA) is 210 Å². The van der Waals surface area contributed by atoms with Crippen molar-refractivity contribution in [3.63, 3.8) is 0 Å². The van der Waals surface area contributed by atoms with Crippen molar-refractivity contribution in [3.05, 3.63) is 12.1 Å². The van der Waals surface area contributed by atoms with E-state index in [0.29, 0.717) is 37.7 Å². The largest absolute Gasteiger partial charge is 0.392 e. The Hall–Kier alpha value is -2.17. The molecular formula is C17H28N8O5S2. The van der Waals surface area contributed by atoms with Crippen LogP contribution in [0, 0.1) is 5.92 Å². The van der Waals surface area contributed by atoms with Crippen molar-refractivity contribution in [2.45, 2.75) is 42.1 Å². The predicted molar refractivity (Wildman–Crippen MR) is 116 cm³/mol. The second-order valence-electron chi connectivity index (χ2n) is 7.65. The number of nitrogens with one attached hydrogen (secondary N) is 2. The molecule has 3 rings (SSSR count). The van der Waals surface area contributed by atoms with E-state index in [1.54, 1.807) is 6.92 Å². The van der Waals surface area contributed by atoms with Crippen LogP contribution in [0.2, 0.25) is 0 Å². The fourth-order valence-corrected chi connectivity index (χ4v) is 6.30. The van der Waals surface area contributed by atoms with Crippen molar-refractivity contribution in [1.82, 2.24) is 25.3 Å². The molecule has 1 atom stereocenters. The highest BCUT2D eigenvalue weighted by molar-refractivity contribution is 7.92. The number of hydrogen-bond donors (Lipinski definition) is 5. The molecule has 178 valence electrons. The van der Waals surface area contributed by atoms with E-state index >= 15 is 0 Å². The van der Waals surface area contributed by atoms with Crippen LogP contribution in [0.1, 0.15) is 26.2 Å². The number of nitrogens with zero attached hydrogens (tertiary/aromatic N) is 4. The minimum Gasteiger partial charge on any atom is -0.392 e. The summed E-state index contributed by atoms with van der Waals surface area (Å²) in [7, 11) is -8.89. The normalized spacial score (nSPS) is 16.9. The number of aromatic amines is 1. The molecule has 1 unspecified atom stereocenters. The maximum absolute atomic E-state index is 13.0. The number of hydrogen-bond acceptors (Lipinski definition) is 10. The van der Waals surface area contributed by atoms with E-state index in [0.717, 1.165) is 12.8 Å². The van der Waals surface area contributed by atoms with E-state index in [4.69, 9.17) is 10.9 Å². The number of nitrogens with two attached hydrogens (primary N) is 2. The molecule has 1 aliphatic rings. The van der Waals surface area contributed by atoms with Gasteiger partial charge in [-0.2, -0.15) is 5.21 Å². The van der Waals surface area contributed by atoms with Gasteiger partial charge in [-0.15, -0.1) is 10.2 Å². The maximum Gasteiger partial charge on any atom is 0.242 e. The van der Waals surface area contributed by atoms with Crippen LogP contribution in [0.4, 0.5) is 5.69 Å². The summed E-state index contributed by atoms with van der Waals surface area (Å²) in [6.07, 6.45) is 0.978. The quantitative estimate of drug-likeness (QED) is 0.283. The molecular weight excluding hydrogens is 460 g/mol.